The van der Waals surface area contributed by atoms with Gasteiger partial charge in [0, 0.05) is 29.6 Å². The maximum atomic E-state index is 11.9. The largest absolute Gasteiger partial charge is 0.508 e. The van der Waals surface area contributed by atoms with Crippen molar-refractivity contribution in [3.05, 3.63) is 39.7 Å². The molecule has 1 aliphatic rings. The summed E-state index contributed by atoms with van der Waals surface area (Å²) in [7, 11) is 0. The van der Waals surface area contributed by atoms with Crippen molar-refractivity contribution in [3.63, 3.8) is 0 Å². The monoisotopic (exact) mass is 331 g/mol. The second kappa shape index (κ2) is 6.65. The fourth-order valence-corrected chi connectivity index (χ4v) is 2.89. The van der Waals surface area contributed by atoms with Crippen molar-refractivity contribution in [2.24, 2.45) is 0 Å². The maximum absolute atomic E-state index is 11.9. The van der Waals surface area contributed by atoms with Gasteiger partial charge in [-0.1, -0.05) is 0 Å². The average molecular weight is 331 g/mol. The van der Waals surface area contributed by atoms with Crippen LogP contribution < -0.4 is 5.63 Å². The summed E-state index contributed by atoms with van der Waals surface area (Å²) in [6.45, 7) is 4.52. The van der Waals surface area contributed by atoms with Crippen LogP contribution in [0.4, 0.5) is 0 Å². The zero-order valence-electron chi connectivity index (χ0n) is 13.9. The number of aromatic hydroxyl groups is 1. The Kier molecular flexibility index (Phi) is 4.57. The number of phenolic OH excluding ortho intramolecular Hbond substituents is 1. The Morgan fingerprint density at radius 2 is 2.17 bits per heavy atom. The van der Waals surface area contributed by atoms with Crippen molar-refractivity contribution in [2.45, 2.75) is 39.3 Å². The first-order chi connectivity index (χ1) is 11.5. The van der Waals surface area contributed by atoms with Crippen LogP contribution in [0.2, 0.25) is 0 Å². The third-order valence-corrected chi connectivity index (χ3v) is 4.29. The molecule has 3 rings (SSSR count). The summed E-state index contributed by atoms with van der Waals surface area (Å²) in [5.74, 6) is -0.168. The van der Waals surface area contributed by atoms with Gasteiger partial charge in [-0.15, -0.1) is 0 Å². The molecule has 2 aromatic rings. The SMILES string of the molecule is CCOC(=O)CN(Cc1cc(=O)oc2c(C)c(O)ccc12)C1CC1. The summed E-state index contributed by atoms with van der Waals surface area (Å²) in [5, 5.41) is 10.6. The van der Waals surface area contributed by atoms with Gasteiger partial charge in [-0.25, -0.2) is 4.79 Å². The highest BCUT2D eigenvalue weighted by Gasteiger charge is 2.31. The molecule has 0 amide bonds. The summed E-state index contributed by atoms with van der Waals surface area (Å²) in [5.41, 5.74) is 1.26. The smallest absolute Gasteiger partial charge is 0.336 e. The predicted octanol–water partition coefficient (Wildman–Crippen LogP) is 2.33. The molecule has 1 heterocycles. The topological polar surface area (TPSA) is 80.0 Å². The Morgan fingerprint density at radius 3 is 2.83 bits per heavy atom. The summed E-state index contributed by atoms with van der Waals surface area (Å²) >= 11 is 0. The lowest BCUT2D eigenvalue weighted by molar-refractivity contribution is -0.144. The number of rotatable bonds is 6. The predicted molar refractivity (Wildman–Crippen MR) is 89.0 cm³/mol. The van der Waals surface area contributed by atoms with E-state index in [9.17, 15) is 14.7 Å². The molecule has 0 atom stereocenters. The molecular weight excluding hydrogens is 310 g/mol. The number of fused-ring (bicyclic) bond motifs is 1. The highest BCUT2D eigenvalue weighted by Crippen LogP contribution is 2.31. The van der Waals surface area contributed by atoms with Crippen molar-refractivity contribution in [1.82, 2.24) is 4.90 Å². The second-order valence-electron chi connectivity index (χ2n) is 6.12. The summed E-state index contributed by atoms with van der Waals surface area (Å²) in [4.78, 5) is 25.8. The van der Waals surface area contributed by atoms with E-state index in [-0.39, 0.29) is 18.3 Å². The van der Waals surface area contributed by atoms with Gasteiger partial charge in [0.05, 0.1) is 13.2 Å². The number of phenols is 1. The number of nitrogens with zero attached hydrogens (tertiary/aromatic N) is 1. The van der Waals surface area contributed by atoms with Crippen LogP contribution in [0, 0.1) is 6.92 Å². The third kappa shape index (κ3) is 3.43. The first-order valence-corrected chi connectivity index (χ1v) is 8.14. The minimum absolute atomic E-state index is 0.0911. The van der Waals surface area contributed by atoms with Gasteiger partial charge >= 0.3 is 11.6 Å². The molecule has 0 radical (unpaired) electrons. The highest BCUT2D eigenvalue weighted by atomic mass is 16.5. The van der Waals surface area contributed by atoms with Crippen LogP contribution in [0.15, 0.2) is 27.4 Å². The molecular formula is C18H21NO5. The van der Waals surface area contributed by atoms with Crippen molar-refractivity contribution in [3.8, 4) is 5.75 Å². The number of carbonyl (C=O) groups is 1. The lowest BCUT2D eigenvalue weighted by Crippen LogP contribution is -2.32. The van der Waals surface area contributed by atoms with E-state index in [0.29, 0.717) is 30.3 Å². The minimum Gasteiger partial charge on any atom is -0.508 e. The van der Waals surface area contributed by atoms with Gasteiger partial charge in [-0.05, 0) is 44.4 Å². The second-order valence-corrected chi connectivity index (χ2v) is 6.12. The zero-order chi connectivity index (χ0) is 17.3. The molecule has 1 fully saturated rings. The van der Waals surface area contributed by atoms with Crippen molar-refractivity contribution in [1.29, 1.82) is 0 Å². The quantitative estimate of drug-likeness (QED) is 0.646. The molecule has 1 N–H and O–H groups in total. The van der Waals surface area contributed by atoms with Crippen LogP contribution in [0.3, 0.4) is 0 Å². The molecule has 0 unspecified atom stereocenters. The molecule has 0 spiro atoms. The number of hydrogen-bond donors (Lipinski definition) is 1. The highest BCUT2D eigenvalue weighted by molar-refractivity contribution is 5.84. The molecule has 6 heteroatoms. The first kappa shape index (κ1) is 16.5. The molecule has 128 valence electrons. The fraction of sp³-hybridized carbons (Fsp3) is 0.444. The number of benzene rings is 1. The first-order valence-electron chi connectivity index (χ1n) is 8.14. The molecule has 6 nitrogen and oxygen atoms in total. The van der Waals surface area contributed by atoms with Crippen LogP contribution >= 0.6 is 0 Å². The summed E-state index contributed by atoms with van der Waals surface area (Å²) in [6.07, 6.45) is 2.08. The fourth-order valence-electron chi connectivity index (χ4n) is 2.89. The van der Waals surface area contributed by atoms with Crippen molar-refractivity contribution < 1.29 is 19.1 Å². The van der Waals surface area contributed by atoms with Crippen LogP contribution in [0.5, 0.6) is 5.75 Å². The van der Waals surface area contributed by atoms with Crippen molar-refractivity contribution in [2.75, 3.05) is 13.2 Å². The van der Waals surface area contributed by atoms with Gasteiger partial charge in [0.2, 0.25) is 0 Å². The van der Waals surface area contributed by atoms with E-state index in [1.54, 1.807) is 26.0 Å². The van der Waals surface area contributed by atoms with Crippen LogP contribution in [0.1, 0.15) is 30.9 Å². The van der Waals surface area contributed by atoms with Gasteiger partial charge < -0.3 is 14.3 Å². The van der Waals surface area contributed by atoms with E-state index in [1.165, 1.54) is 6.07 Å². The lowest BCUT2D eigenvalue weighted by atomic mass is 10.1. The van der Waals surface area contributed by atoms with Crippen LogP contribution in [0.25, 0.3) is 11.0 Å². The van der Waals surface area contributed by atoms with Gasteiger partial charge in [0.25, 0.3) is 0 Å². The Morgan fingerprint density at radius 1 is 1.42 bits per heavy atom. The molecule has 0 bridgehead atoms. The number of esters is 1. The zero-order valence-corrected chi connectivity index (χ0v) is 13.9. The van der Waals surface area contributed by atoms with Crippen LogP contribution in [-0.4, -0.2) is 35.2 Å². The van der Waals surface area contributed by atoms with E-state index in [0.717, 1.165) is 23.8 Å². The molecule has 0 saturated heterocycles. The van der Waals surface area contributed by atoms with Gasteiger partial charge in [-0.3, -0.25) is 9.69 Å². The Bertz CT molecular complexity index is 822. The van der Waals surface area contributed by atoms with Gasteiger partial charge in [-0.2, -0.15) is 0 Å². The molecule has 24 heavy (non-hydrogen) atoms. The number of ether oxygens (including phenoxy) is 1. The van der Waals surface area contributed by atoms with E-state index < -0.39 is 5.63 Å². The summed E-state index contributed by atoms with van der Waals surface area (Å²) in [6, 6.07) is 5.13. The average Bonchev–Trinajstić information content (AvgIpc) is 3.36. The molecule has 1 saturated carbocycles. The number of aryl methyl sites for hydroxylation is 1. The van der Waals surface area contributed by atoms with E-state index >= 15 is 0 Å². The molecule has 0 aliphatic heterocycles. The normalized spacial score (nSPS) is 14.3. The minimum atomic E-state index is -0.460. The van der Waals surface area contributed by atoms with Crippen molar-refractivity contribution >= 4 is 16.9 Å². The van der Waals surface area contributed by atoms with Gasteiger partial charge in [0.1, 0.15) is 11.3 Å². The molecule has 1 aromatic carbocycles. The van der Waals surface area contributed by atoms with E-state index in [1.807, 2.05) is 4.90 Å². The standard InChI is InChI=1S/C18H21NO5/c1-3-23-17(22)10-19(13-4-5-13)9-12-8-16(21)24-18-11(2)15(20)7-6-14(12)18/h6-8,13,20H,3-5,9-10H2,1-2H3. The van der Waals surface area contributed by atoms with E-state index in [2.05, 4.69) is 0 Å². The molecule has 1 aromatic heterocycles. The number of carbonyl (C=O) groups excluding carboxylic acids is 1. The molecule has 1 aliphatic carbocycles. The summed E-state index contributed by atoms with van der Waals surface area (Å²) < 4.78 is 10.3. The Balaban J connectivity index is 1.94. The lowest BCUT2D eigenvalue weighted by Gasteiger charge is -2.21. The Labute approximate surface area is 139 Å². The van der Waals surface area contributed by atoms with Crippen LogP contribution in [-0.2, 0) is 16.1 Å². The maximum Gasteiger partial charge on any atom is 0.336 e. The third-order valence-electron chi connectivity index (χ3n) is 4.29. The Hall–Kier alpha value is -2.34. The van der Waals surface area contributed by atoms with E-state index in [4.69, 9.17) is 9.15 Å². The number of hydrogen-bond acceptors (Lipinski definition) is 6. The van der Waals surface area contributed by atoms with Gasteiger partial charge in [0.15, 0.2) is 0 Å².